The third-order valence-electron chi connectivity index (χ3n) is 2.62. The van der Waals surface area contributed by atoms with Crippen LogP contribution in [0.25, 0.3) is 0 Å². The predicted molar refractivity (Wildman–Crippen MR) is 80.3 cm³/mol. The van der Waals surface area contributed by atoms with Crippen LogP contribution >= 0.6 is 0 Å². The summed E-state index contributed by atoms with van der Waals surface area (Å²) < 4.78 is 0. The van der Waals surface area contributed by atoms with Gasteiger partial charge in [0.15, 0.2) is 0 Å². The fraction of sp³-hybridized carbons (Fsp3) is 0.250. The molecule has 0 saturated heterocycles. The normalized spacial score (nSPS) is 10.9. The largest absolute Gasteiger partial charge is 0.348 e. The van der Waals surface area contributed by atoms with Crippen LogP contribution in [0.4, 0.5) is 0 Å². The number of carbonyl (C=O) groups is 2. The van der Waals surface area contributed by atoms with Gasteiger partial charge in [-0.3, -0.25) is 9.59 Å². The van der Waals surface area contributed by atoms with E-state index in [1.165, 1.54) is 11.0 Å². The van der Waals surface area contributed by atoms with Crippen molar-refractivity contribution in [3.05, 3.63) is 59.7 Å². The van der Waals surface area contributed by atoms with Crippen molar-refractivity contribution < 1.29 is 9.59 Å². The van der Waals surface area contributed by atoms with Crippen molar-refractivity contribution in [1.82, 2.24) is 10.2 Å². The second kappa shape index (κ2) is 7.94. The first-order chi connectivity index (χ1) is 9.54. The average Bonchev–Trinajstić information content (AvgIpc) is 2.45. The van der Waals surface area contributed by atoms with Crippen molar-refractivity contribution in [2.24, 2.45) is 0 Å². The molecule has 0 heterocycles. The van der Waals surface area contributed by atoms with E-state index in [9.17, 15) is 9.59 Å². The lowest BCUT2D eigenvalue weighted by Crippen LogP contribution is -2.22. The highest BCUT2D eigenvalue weighted by Crippen LogP contribution is 2.06. The Labute approximate surface area is 119 Å². The van der Waals surface area contributed by atoms with Crippen LogP contribution in [0.3, 0.4) is 0 Å². The summed E-state index contributed by atoms with van der Waals surface area (Å²) in [7, 11) is 3.43. The van der Waals surface area contributed by atoms with Gasteiger partial charge in [-0.25, -0.2) is 0 Å². The lowest BCUT2D eigenvalue weighted by Gasteiger charge is -2.10. The summed E-state index contributed by atoms with van der Waals surface area (Å²) in [5.74, 6) is -0.175. The van der Waals surface area contributed by atoms with E-state index in [0.717, 1.165) is 5.56 Å². The van der Waals surface area contributed by atoms with Crippen LogP contribution in [0.1, 0.15) is 22.8 Å². The van der Waals surface area contributed by atoms with E-state index in [1.54, 1.807) is 38.4 Å². The molecule has 20 heavy (non-hydrogen) atoms. The van der Waals surface area contributed by atoms with Gasteiger partial charge in [0.05, 0.1) is 0 Å². The van der Waals surface area contributed by atoms with Gasteiger partial charge >= 0.3 is 0 Å². The number of hydrogen-bond donors (Lipinski definition) is 1. The molecule has 106 valence electrons. The first kappa shape index (κ1) is 15.7. The van der Waals surface area contributed by atoms with Crippen LogP contribution < -0.4 is 5.32 Å². The summed E-state index contributed by atoms with van der Waals surface area (Å²) in [5.41, 5.74) is 1.59. The number of rotatable bonds is 5. The molecule has 0 atom stereocenters. The molecular weight excluding hydrogens is 252 g/mol. The van der Waals surface area contributed by atoms with E-state index in [1.807, 2.05) is 25.1 Å². The lowest BCUT2D eigenvalue weighted by atomic mass is 10.1. The first-order valence-electron chi connectivity index (χ1n) is 6.42. The number of allylic oxidation sites excluding steroid dienone is 3. The van der Waals surface area contributed by atoms with Crippen molar-refractivity contribution in [2.75, 3.05) is 14.1 Å². The lowest BCUT2D eigenvalue weighted by molar-refractivity contribution is -0.116. The fourth-order valence-corrected chi connectivity index (χ4v) is 1.53. The molecule has 1 N–H and O–H groups in total. The van der Waals surface area contributed by atoms with Crippen molar-refractivity contribution in [3.63, 3.8) is 0 Å². The molecule has 1 rings (SSSR count). The number of carbonyl (C=O) groups excluding carboxylic acids is 2. The molecule has 2 amide bonds. The summed E-state index contributed by atoms with van der Waals surface area (Å²) in [4.78, 5) is 24.7. The second-order valence-corrected chi connectivity index (χ2v) is 4.50. The molecule has 1 aromatic carbocycles. The predicted octanol–water partition coefficient (Wildman–Crippen LogP) is 2.14. The van der Waals surface area contributed by atoms with E-state index in [2.05, 4.69) is 5.32 Å². The van der Waals surface area contributed by atoms with Gasteiger partial charge in [-0.05, 0) is 24.6 Å². The maximum atomic E-state index is 11.7. The van der Waals surface area contributed by atoms with Crippen LogP contribution in [0.15, 0.2) is 48.6 Å². The third-order valence-corrected chi connectivity index (χ3v) is 2.62. The van der Waals surface area contributed by atoms with E-state index in [0.29, 0.717) is 12.1 Å². The second-order valence-electron chi connectivity index (χ2n) is 4.50. The molecule has 0 aliphatic heterocycles. The van der Waals surface area contributed by atoms with Gasteiger partial charge in [0.25, 0.3) is 5.91 Å². The van der Waals surface area contributed by atoms with Crippen LogP contribution in [-0.2, 0) is 11.3 Å². The van der Waals surface area contributed by atoms with Crippen LogP contribution in [0.5, 0.6) is 0 Å². The summed E-state index contributed by atoms with van der Waals surface area (Å²) in [6.45, 7) is 2.33. The Hall–Kier alpha value is -2.36. The molecule has 1 aromatic rings. The fourth-order valence-electron chi connectivity index (χ4n) is 1.53. The molecule has 0 bridgehead atoms. The molecule has 0 unspecified atom stereocenters. The third kappa shape index (κ3) is 5.10. The van der Waals surface area contributed by atoms with Crippen molar-refractivity contribution in [3.8, 4) is 0 Å². The van der Waals surface area contributed by atoms with Gasteiger partial charge in [0.1, 0.15) is 0 Å². The highest BCUT2D eigenvalue weighted by atomic mass is 16.2. The Morgan fingerprint density at radius 2 is 1.80 bits per heavy atom. The molecule has 0 spiro atoms. The molecule has 0 aromatic heterocycles. The molecule has 0 aliphatic rings. The maximum absolute atomic E-state index is 11.7. The highest BCUT2D eigenvalue weighted by molar-refractivity contribution is 5.93. The van der Waals surface area contributed by atoms with Gasteiger partial charge < -0.3 is 10.2 Å². The van der Waals surface area contributed by atoms with E-state index < -0.39 is 0 Å². The minimum Gasteiger partial charge on any atom is -0.348 e. The Morgan fingerprint density at radius 3 is 2.35 bits per heavy atom. The quantitative estimate of drug-likeness (QED) is 0.659. The van der Waals surface area contributed by atoms with Gasteiger partial charge in [-0.15, -0.1) is 0 Å². The Balaban J connectivity index is 2.54. The number of nitrogens with one attached hydrogen (secondary N) is 1. The molecule has 0 fully saturated rings. The SMILES string of the molecule is C/C=C/C=C/C(=O)NCc1ccc(C(=O)N(C)C)cc1. The Morgan fingerprint density at radius 1 is 1.15 bits per heavy atom. The Kier molecular flexibility index (Phi) is 6.23. The molecule has 4 nitrogen and oxygen atoms in total. The summed E-state index contributed by atoms with van der Waals surface area (Å²) in [6.07, 6.45) is 6.81. The smallest absolute Gasteiger partial charge is 0.253 e. The zero-order valence-corrected chi connectivity index (χ0v) is 12.1. The van der Waals surface area contributed by atoms with Crippen molar-refractivity contribution >= 4 is 11.8 Å². The zero-order valence-electron chi connectivity index (χ0n) is 12.1. The summed E-state index contributed by atoms with van der Waals surface area (Å²) in [5, 5.41) is 2.77. The minimum absolute atomic E-state index is 0.0325. The molecular formula is C16H20N2O2. The topological polar surface area (TPSA) is 49.4 Å². The Bertz CT molecular complexity index is 514. The molecule has 0 aliphatic carbocycles. The van der Waals surface area contributed by atoms with Crippen LogP contribution in [0, 0.1) is 0 Å². The van der Waals surface area contributed by atoms with Gasteiger partial charge in [-0.1, -0.05) is 30.4 Å². The molecule has 0 radical (unpaired) electrons. The van der Waals surface area contributed by atoms with E-state index >= 15 is 0 Å². The van der Waals surface area contributed by atoms with E-state index in [4.69, 9.17) is 0 Å². The average molecular weight is 272 g/mol. The molecule has 4 heteroatoms. The summed E-state index contributed by atoms with van der Waals surface area (Å²) in [6, 6.07) is 7.21. The van der Waals surface area contributed by atoms with Gasteiger partial charge in [0, 0.05) is 32.3 Å². The van der Waals surface area contributed by atoms with Crippen molar-refractivity contribution in [2.45, 2.75) is 13.5 Å². The van der Waals surface area contributed by atoms with Crippen LogP contribution in [-0.4, -0.2) is 30.8 Å². The highest BCUT2D eigenvalue weighted by Gasteiger charge is 2.07. The minimum atomic E-state index is -0.142. The number of hydrogen-bond acceptors (Lipinski definition) is 2. The molecule has 0 saturated carbocycles. The van der Waals surface area contributed by atoms with Gasteiger partial charge in [-0.2, -0.15) is 0 Å². The number of benzene rings is 1. The van der Waals surface area contributed by atoms with Crippen LogP contribution in [0.2, 0.25) is 0 Å². The monoisotopic (exact) mass is 272 g/mol. The summed E-state index contributed by atoms with van der Waals surface area (Å²) >= 11 is 0. The van der Waals surface area contributed by atoms with Gasteiger partial charge in [0.2, 0.25) is 5.91 Å². The van der Waals surface area contributed by atoms with Crippen molar-refractivity contribution in [1.29, 1.82) is 0 Å². The number of amides is 2. The van der Waals surface area contributed by atoms with E-state index in [-0.39, 0.29) is 11.8 Å². The first-order valence-corrected chi connectivity index (χ1v) is 6.42. The maximum Gasteiger partial charge on any atom is 0.253 e. The standard InChI is InChI=1S/C16H20N2O2/c1-4-5-6-7-15(19)17-12-13-8-10-14(11-9-13)16(20)18(2)3/h4-11H,12H2,1-3H3,(H,17,19)/b5-4+,7-6+. The zero-order chi connectivity index (χ0) is 15.0. The number of nitrogens with zero attached hydrogens (tertiary/aromatic N) is 1.